The fourth-order valence-corrected chi connectivity index (χ4v) is 4.64. The lowest BCUT2D eigenvalue weighted by Gasteiger charge is -2.21. The number of benzene rings is 1. The van der Waals surface area contributed by atoms with Crippen LogP contribution in [0.4, 0.5) is 5.88 Å². The molecule has 0 bridgehead atoms. The highest BCUT2D eigenvalue weighted by Crippen LogP contribution is 2.34. The Morgan fingerprint density at radius 3 is 2.68 bits per heavy atom. The van der Waals surface area contributed by atoms with E-state index in [1.807, 2.05) is 0 Å². The molecule has 3 aromatic rings. The summed E-state index contributed by atoms with van der Waals surface area (Å²) in [5.74, 6) is -0.642. The Morgan fingerprint density at radius 1 is 1.29 bits per heavy atom. The maximum Gasteiger partial charge on any atom is 0.285 e. The van der Waals surface area contributed by atoms with Crippen LogP contribution in [0.2, 0.25) is 0 Å². The van der Waals surface area contributed by atoms with E-state index in [0.717, 1.165) is 10.2 Å². The maximum atomic E-state index is 13.2. The molecule has 2 heterocycles. The van der Waals surface area contributed by atoms with Crippen LogP contribution in [-0.2, 0) is 24.6 Å². The summed E-state index contributed by atoms with van der Waals surface area (Å²) in [4.78, 5) is 17.1. The van der Waals surface area contributed by atoms with Crippen LogP contribution in [0.25, 0.3) is 10.2 Å². The van der Waals surface area contributed by atoms with E-state index >= 15 is 0 Å². The van der Waals surface area contributed by atoms with Gasteiger partial charge in [0.1, 0.15) is 0 Å². The number of carbonyl (C=O) groups is 1. The van der Waals surface area contributed by atoms with Crippen molar-refractivity contribution in [2.75, 3.05) is 11.9 Å². The van der Waals surface area contributed by atoms with Crippen molar-refractivity contribution in [1.29, 1.82) is 0 Å². The third kappa shape index (κ3) is 3.48. The van der Waals surface area contributed by atoms with Gasteiger partial charge in [-0.05, 0) is 26.0 Å². The summed E-state index contributed by atoms with van der Waals surface area (Å²) in [6.45, 7) is 6.20. The number of aliphatic hydroxyl groups excluding tert-OH is 1. The van der Waals surface area contributed by atoms with E-state index in [4.69, 9.17) is 4.52 Å². The highest BCUT2D eigenvalue weighted by atomic mass is 32.3. The summed E-state index contributed by atoms with van der Waals surface area (Å²) in [7, 11) is -3.74. The molecule has 0 aliphatic rings. The Balaban J connectivity index is 1.86. The number of thiazole rings is 1. The van der Waals surface area contributed by atoms with Gasteiger partial charge in [-0.1, -0.05) is 23.2 Å². The number of hydrogen-bond donors (Lipinski definition) is 3. The van der Waals surface area contributed by atoms with Crippen molar-refractivity contribution in [3.8, 4) is 0 Å². The first kappa shape index (κ1) is 20.6. The van der Waals surface area contributed by atoms with Crippen LogP contribution >= 0.6 is 11.3 Å². The Kier molecular flexibility index (Phi) is 5.17. The van der Waals surface area contributed by atoms with Crippen molar-refractivity contribution in [2.45, 2.75) is 42.8 Å². The number of amides is 1. The fraction of sp³-hybridized carbons (Fsp3) is 0.389. The molecule has 0 saturated carbocycles. The second-order valence-electron chi connectivity index (χ2n) is 7.59. The molecule has 8 nitrogen and oxygen atoms in total. The van der Waals surface area contributed by atoms with Crippen LogP contribution in [0, 0.1) is 0 Å². The number of carbonyl (C=O) groups excluding carboxylic acids is 1. The van der Waals surface area contributed by atoms with E-state index in [1.165, 1.54) is 37.3 Å². The summed E-state index contributed by atoms with van der Waals surface area (Å²) in [5.41, 5.74) is 2.20. The lowest BCUT2D eigenvalue weighted by Crippen LogP contribution is -2.47. The van der Waals surface area contributed by atoms with Gasteiger partial charge in [0.25, 0.3) is 16.1 Å². The Bertz CT molecular complexity index is 1070. The first-order valence-electron chi connectivity index (χ1n) is 8.48. The van der Waals surface area contributed by atoms with Gasteiger partial charge in [-0.2, -0.15) is 4.55 Å². The molecule has 150 valence electrons. The molecule has 0 fully saturated rings. The number of fused-ring (bicyclic) bond motifs is 1. The molecule has 0 saturated heterocycles. The molecule has 1 atom stereocenters. The smallest absolute Gasteiger partial charge is 0.285 e. The molecule has 3 N–H and O–H groups in total. The fourth-order valence-electron chi connectivity index (χ4n) is 2.42. The standard InChI is InChI=1S/C18H21N3O5S2/c1-17(2,9-22)14-8-15(26-21-14)20-16(23)18(3,4)28(24,25)11-5-6-12-13(7-11)27-10-19-12/h5-8,10,22H,9H2,1-4H3,(H-,20,21,23,24,25)/p+1. The average molecular weight is 425 g/mol. The monoisotopic (exact) mass is 424 g/mol. The van der Waals surface area contributed by atoms with Crippen LogP contribution in [0.1, 0.15) is 33.4 Å². The number of rotatable bonds is 6. The Hall–Kier alpha value is -2.14. The van der Waals surface area contributed by atoms with Crippen molar-refractivity contribution in [1.82, 2.24) is 10.1 Å². The molecule has 2 aromatic heterocycles. The van der Waals surface area contributed by atoms with Gasteiger partial charge in [-0.3, -0.25) is 10.1 Å². The maximum absolute atomic E-state index is 13.2. The molecule has 0 radical (unpaired) electrons. The van der Waals surface area contributed by atoms with Gasteiger partial charge in [0.2, 0.25) is 10.6 Å². The minimum Gasteiger partial charge on any atom is -0.395 e. The van der Waals surface area contributed by atoms with Crippen LogP contribution in [0.3, 0.4) is 0 Å². The first-order chi connectivity index (χ1) is 13.0. The van der Waals surface area contributed by atoms with Crippen molar-refractivity contribution >= 4 is 43.6 Å². The number of anilines is 1. The topological polar surface area (TPSA) is 126 Å². The number of hydrogen-bond acceptors (Lipinski definition) is 7. The number of aliphatic hydroxyl groups is 1. The zero-order valence-electron chi connectivity index (χ0n) is 15.9. The van der Waals surface area contributed by atoms with Gasteiger partial charge in [-0.25, -0.2) is 4.98 Å². The Morgan fingerprint density at radius 2 is 2.00 bits per heavy atom. The van der Waals surface area contributed by atoms with Gasteiger partial charge in [0, 0.05) is 17.5 Å². The highest BCUT2D eigenvalue weighted by molar-refractivity contribution is 7.99. The largest absolute Gasteiger partial charge is 0.395 e. The minimum absolute atomic E-state index is 0.0442. The zero-order chi connectivity index (χ0) is 20.7. The van der Waals surface area contributed by atoms with E-state index in [9.17, 15) is 18.7 Å². The van der Waals surface area contributed by atoms with E-state index in [1.54, 1.807) is 31.5 Å². The van der Waals surface area contributed by atoms with Gasteiger partial charge in [0.15, 0.2) is 4.90 Å². The van der Waals surface area contributed by atoms with E-state index in [2.05, 4.69) is 15.5 Å². The predicted molar refractivity (Wildman–Crippen MR) is 108 cm³/mol. The third-order valence-corrected chi connectivity index (χ3v) is 7.95. The van der Waals surface area contributed by atoms with Crippen molar-refractivity contribution in [2.24, 2.45) is 0 Å². The van der Waals surface area contributed by atoms with Gasteiger partial charge < -0.3 is 9.63 Å². The van der Waals surface area contributed by atoms with Crippen molar-refractivity contribution < 1.29 is 23.2 Å². The minimum atomic E-state index is -3.74. The van der Waals surface area contributed by atoms with Crippen LogP contribution in [-0.4, -0.2) is 37.1 Å². The van der Waals surface area contributed by atoms with E-state index in [-0.39, 0.29) is 17.4 Å². The van der Waals surface area contributed by atoms with Gasteiger partial charge >= 0.3 is 0 Å². The highest BCUT2D eigenvalue weighted by Gasteiger charge is 2.54. The second kappa shape index (κ2) is 7.03. The third-order valence-electron chi connectivity index (χ3n) is 4.70. The molecule has 1 amide bonds. The molecule has 0 spiro atoms. The predicted octanol–water partition coefficient (Wildman–Crippen LogP) is 3.30. The quantitative estimate of drug-likeness (QED) is 0.518. The Labute approximate surface area is 167 Å². The number of aromatic nitrogens is 2. The van der Waals surface area contributed by atoms with Crippen molar-refractivity contribution in [3.05, 3.63) is 35.5 Å². The first-order valence-corrected chi connectivity index (χ1v) is 10.9. The van der Waals surface area contributed by atoms with Gasteiger partial charge in [-0.15, -0.1) is 11.3 Å². The van der Waals surface area contributed by atoms with Crippen molar-refractivity contribution in [3.63, 3.8) is 0 Å². The van der Waals surface area contributed by atoms with Gasteiger partial charge in [0.05, 0.1) is 28.0 Å². The van der Waals surface area contributed by atoms with Crippen LogP contribution in [0.15, 0.2) is 39.2 Å². The number of nitrogens with one attached hydrogen (secondary N) is 1. The summed E-state index contributed by atoms with van der Waals surface area (Å²) in [5, 5.41) is 15.8. The van der Waals surface area contributed by atoms with Crippen LogP contribution < -0.4 is 5.32 Å². The van der Waals surface area contributed by atoms with E-state index < -0.39 is 26.3 Å². The average Bonchev–Trinajstić information content (AvgIpc) is 3.30. The molecule has 3 rings (SSSR count). The molecule has 28 heavy (non-hydrogen) atoms. The summed E-state index contributed by atoms with van der Waals surface area (Å²) < 4.78 is 28.2. The zero-order valence-corrected chi connectivity index (χ0v) is 17.6. The molecule has 0 aliphatic heterocycles. The lowest BCUT2D eigenvalue weighted by atomic mass is 9.91. The van der Waals surface area contributed by atoms with Crippen LogP contribution in [0.5, 0.6) is 0 Å². The number of nitrogens with zero attached hydrogens (tertiary/aromatic N) is 2. The molecule has 1 unspecified atom stereocenters. The normalized spacial score (nSPS) is 14.8. The lowest BCUT2D eigenvalue weighted by molar-refractivity contribution is -0.118. The summed E-state index contributed by atoms with van der Waals surface area (Å²) in [6.07, 6.45) is 0. The molecule has 1 aromatic carbocycles. The SMILES string of the molecule is CC(C)(CO)c1cc(NC(=O)C(C)(C)[S+](=O)(O)c2ccc3ncsc3c2)on1. The summed E-state index contributed by atoms with van der Waals surface area (Å²) >= 11 is 1.35. The van der Waals surface area contributed by atoms with E-state index in [0.29, 0.717) is 5.69 Å². The molecule has 10 heteroatoms. The summed E-state index contributed by atoms with van der Waals surface area (Å²) in [6, 6.07) is 6.24. The molecular weight excluding hydrogens is 402 g/mol. The second-order valence-corrected chi connectivity index (χ2v) is 11.0. The molecule has 0 aliphatic carbocycles. The molecular formula is C18H22N3O5S2+.